The Bertz CT molecular complexity index is 354. The van der Waals surface area contributed by atoms with Crippen molar-refractivity contribution in [2.24, 2.45) is 0 Å². The number of carbonyl (C=O) groups excluding carboxylic acids is 2. The Morgan fingerprint density at radius 1 is 1.05 bits per heavy atom. The van der Waals surface area contributed by atoms with E-state index in [-0.39, 0.29) is 24.5 Å². The highest BCUT2D eigenvalue weighted by Gasteiger charge is 2.27. The van der Waals surface area contributed by atoms with Gasteiger partial charge in [0.05, 0.1) is 13.2 Å². The van der Waals surface area contributed by atoms with Crippen LogP contribution in [0.4, 0.5) is 0 Å². The standard InChI is InChI=1S/C14H25N3O3/c1-12(19)15-6-8-16(9-7-15)14(20)10-17-5-3-2-4-13(17)11-18/h13,18H,2-11H2,1H3. The van der Waals surface area contributed by atoms with Crippen LogP contribution in [0.3, 0.4) is 0 Å². The summed E-state index contributed by atoms with van der Waals surface area (Å²) < 4.78 is 0. The molecule has 0 spiro atoms. The summed E-state index contributed by atoms with van der Waals surface area (Å²) in [6.45, 7) is 5.49. The van der Waals surface area contributed by atoms with E-state index in [1.807, 2.05) is 4.90 Å². The van der Waals surface area contributed by atoms with E-state index in [1.54, 1.807) is 11.8 Å². The zero-order chi connectivity index (χ0) is 14.5. The molecule has 0 radical (unpaired) electrons. The van der Waals surface area contributed by atoms with E-state index in [9.17, 15) is 14.7 Å². The molecule has 2 aliphatic rings. The fourth-order valence-electron chi connectivity index (χ4n) is 3.02. The summed E-state index contributed by atoms with van der Waals surface area (Å²) >= 11 is 0. The van der Waals surface area contributed by atoms with Crippen LogP contribution in [0.25, 0.3) is 0 Å². The van der Waals surface area contributed by atoms with Gasteiger partial charge in [0.25, 0.3) is 0 Å². The predicted octanol–water partition coefficient (Wildman–Crippen LogP) is -0.476. The lowest BCUT2D eigenvalue weighted by atomic mass is 10.0. The molecule has 20 heavy (non-hydrogen) atoms. The van der Waals surface area contributed by atoms with Crippen LogP contribution in [-0.4, -0.2) is 83.5 Å². The lowest BCUT2D eigenvalue weighted by molar-refractivity contribution is -0.140. The van der Waals surface area contributed by atoms with Crippen molar-refractivity contribution in [1.29, 1.82) is 0 Å². The lowest BCUT2D eigenvalue weighted by Gasteiger charge is -2.38. The van der Waals surface area contributed by atoms with Gasteiger partial charge in [-0.25, -0.2) is 0 Å². The van der Waals surface area contributed by atoms with Gasteiger partial charge in [-0.1, -0.05) is 6.42 Å². The second kappa shape index (κ2) is 7.04. The van der Waals surface area contributed by atoms with Gasteiger partial charge >= 0.3 is 0 Å². The van der Waals surface area contributed by atoms with Crippen LogP contribution in [0.2, 0.25) is 0 Å². The predicted molar refractivity (Wildman–Crippen MR) is 75.1 cm³/mol. The zero-order valence-corrected chi connectivity index (χ0v) is 12.3. The maximum absolute atomic E-state index is 12.3. The van der Waals surface area contributed by atoms with Crippen LogP contribution in [0.15, 0.2) is 0 Å². The summed E-state index contributed by atoms with van der Waals surface area (Å²) in [5, 5.41) is 9.37. The van der Waals surface area contributed by atoms with Crippen molar-refractivity contribution in [3.63, 3.8) is 0 Å². The first-order chi connectivity index (χ1) is 9.61. The Kier molecular flexibility index (Phi) is 5.37. The van der Waals surface area contributed by atoms with Gasteiger partial charge in [0.1, 0.15) is 0 Å². The van der Waals surface area contributed by atoms with Crippen LogP contribution in [-0.2, 0) is 9.59 Å². The molecule has 0 aromatic carbocycles. The zero-order valence-electron chi connectivity index (χ0n) is 12.3. The molecule has 1 unspecified atom stereocenters. The molecule has 0 bridgehead atoms. The number of hydrogen-bond donors (Lipinski definition) is 1. The van der Waals surface area contributed by atoms with Crippen LogP contribution in [0.1, 0.15) is 26.2 Å². The van der Waals surface area contributed by atoms with Gasteiger partial charge in [-0.05, 0) is 19.4 Å². The first kappa shape index (κ1) is 15.3. The Morgan fingerprint density at radius 2 is 1.70 bits per heavy atom. The molecule has 2 heterocycles. The monoisotopic (exact) mass is 283 g/mol. The van der Waals surface area contributed by atoms with Gasteiger partial charge < -0.3 is 14.9 Å². The molecular weight excluding hydrogens is 258 g/mol. The largest absolute Gasteiger partial charge is 0.395 e. The minimum absolute atomic E-state index is 0.0773. The highest BCUT2D eigenvalue weighted by molar-refractivity contribution is 5.79. The fraction of sp³-hybridized carbons (Fsp3) is 0.857. The molecule has 0 aliphatic carbocycles. The van der Waals surface area contributed by atoms with E-state index in [4.69, 9.17) is 0 Å². The second-order valence-electron chi connectivity index (χ2n) is 5.69. The Labute approximate surface area is 120 Å². The van der Waals surface area contributed by atoms with Crippen molar-refractivity contribution in [2.45, 2.75) is 32.2 Å². The van der Waals surface area contributed by atoms with E-state index < -0.39 is 0 Å². The van der Waals surface area contributed by atoms with Gasteiger partial charge in [0, 0.05) is 39.1 Å². The second-order valence-corrected chi connectivity index (χ2v) is 5.69. The first-order valence-corrected chi connectivity index (χ1v) is 7.50. The number of carbonyl (C=O) groups is 2. The van der Waals surface area contributed by atoms with Crippen LogP contribution < -0.4 is 0 Å². The maximum atomic E-state index is 12.3. The third kappa shape index (κ3) is 3.70. The third-order valence-corrected chi connectivity index (χ3v) is 4.38. The molecule has 2 rings (SSSR count). The summed E-state index contributed by atoms with van der Waals surface area (Å²) in [4.78, 5) is 29.3. The number of likely N-dealkylation sites (tertiary alicyclic amines) is 1. The number of hydrogen-bond acceptors (Lipinski definition) is 4. The minimum Gasteiger partial charge on any atom is -0.395 e. The van der Waals surface area contributed by atoms with Crippen LogP contribution in [0, 0.1) is 0 Å². The molecule has 114 valence electrons. The number of piperidine rings is 1. The first-order valence-electron chi connectivity index (χ1n) is 7.50. The molecule has 2 amide bonds. The SMILES string of the molecule is CC(=O)N1CCN(C(=O)CN2CCCCC2CO)CC1. The molecule has 6 heteroatoms. The highest BCUT2D eigenvalue weighted by atomic mass is 16.3. The quantitative estimate of drug-likeness (QED) is 0.760. The molecule has 0 saturated carbocycles. The van der Waals surface area contributed by atoms with E-state index in [1.165, 1.54) is 0 Å². The van der Waals surface area contributed by atoms with Gasteiger partial charge in [0.15, 0.2) is 0 Å². The Morgan fingerprint density at radius 3 is 2.30 bits per heavy atom. The minimum atomic E-state index is 0.0773. The van der Waals surface area contributed by atoms with Crippen LogP contribution >= 0.6 is 0 Å². The number of piperazine rings is 1. The Balaban J connectivity index is 1.81. The average Bonchev–Trinajstić information content (AvgIpc) is 2.48. The molecule has 1 atom stereocenters. The number of nitrogens with zero attached hydrogens (tertiary/aromatic N) is 3. The molecule has 0 aromatic rings. The van der Waals surface area contributed by atoms with E-state index in [0.29, 0.717) is 32.7 Å². The molecule has 2 saturated heterocycles. The van der Waals surface area contributed by atoms with Crippen molar-refractivity contribution >= 4 is 11.8 Å². The van der Waals surface area contributed by atoms with E-state index in [2.05, 4.69) is 4.90 Å². The van der Waals surface area contributed by atoms with Gasteiger partial charge in [-0.15, -0.1) is 0 Å². The van der Waals surface area contributed by atoms with Crippen LogP contribution in [0.5, 0.6) is 0 Å². The summed E-state index contributed by atoms with van der Waals surface area (Å²) in [5.74, 6) is 0.196. The maximum Gasteiger partial charge on any atom is 0.236 e. The molecule has 2 aliphatic heterocycles. The fourth-order valence-corrected chi connectivity index (χ4v) is 3.02. The van der Waals surface area contributed by atoms with Crippen molar-refractivity contribution in [3.8, 4) is 0 Å². The average molecular weight is 283 g/mol. The lowest BCUT2D eigenvalue weighted by Crippen LogP contribution is -2.54. The molecule has 1 N–H and O–H groups in total. The van der Waals surface area contributed by atoms with E-state index in [0.717, 1.165) is 25.8 Å². The van der Waals surface area contributed by atoms with Crippen molar-refractivity contribution in [1.82, 2.24) is 14.7 Å². The third-order valence-electron chi connectivity index (χ3n) is 4.38. The summed E-state index contributed by atoms with van der Waals surface area (Å²) in [7, 11) is 0. The smallest absolute Gasteiger partial charge is 0.236 e. The normalized spacial score (nSPS) is 24.8. The Hall–Kier alpha value is -1.14. The van der Waals surface area contributed by atoms with Gasteiger partial charge in [-0.2, -0.15) is 0 Å². The van der Waals surface area contributed by atoms with Crippen molar-refractivity contribution in [2.75, 3.05) is 45.9 Å². The summed E-state index contributed by atoms with van der Waals surface area (Å²) in [6.07, 6.45) is 3.21. The number of aliphatic hydroxyl groups is 1. The van der Waals surface area contributed by atoms with Crippen molar-refractivity contribution < 1.29 is 14.7 Å². The summed E-state index contributed by atoms with van der Waals surface area (Å²) in [5.41, 5.74) is 0. The van der Waals surface area contributed by atoms with Gasteiger partial charge in [-0.3, -0.25) is 14.5 Å². The van der Waals surface area contributed by atoms with E-state index >= 15 is 0 Å². The number of aliphatic hydroxyl groups excluding tert-OH is 1. The van der Waals surface area contributed by atoms with Gasteiger partial charge in [0.2, 0.25) is 11.8 Å². The molecule has 2 fully saturated rings. The highest BCUT2D eigenvalue weighted by Crippen LogP contribution is 2.16. The molecule has 6 nitrogen and oxygen atoms in total. The molecule has 0 aromatic heterocycles. The van der Waals surface area contributed by atoms with Crippen molar-refractivity contribution in [3.05, 3.63) is 0 Å². The number of amides is 2. The topological polar surface area (TPSA) is 64.1 Å². The summed E-state index contributed by atoms with van der Waals surface area (Å²) in [6, 6.07) is 0.131. The molecular formula is C14H25N3O3. The number of rotatable bonds is 3.